The first-order chi connectivity index (χ1) is 9.66. The van der Waals surface area contributed by atoms with Crippen LogP contribution in [0.3, 0.4) is 0 Å². The maximum Gasteiger partial charge on any atom is 0.119 e. The highest BCUT2D eigenvalue weighted by Gasteiger charge is 2.25. The fourth-order valence-corrected chi connectivity index (χ4v) is 2.93. The van der Waals surface area contributed by atoms with Crippen molar-refractivity contribution in [3.05, 3.63) is 29.3 Å². The van der Waals surface area contributed by atoms with Crippen LogP contribution in [0, 0.1) is 0 Å². The van der Waals surface area contributed by atoms with Gasteiger partial charge in [-0.15, -0.1) is 0 Å². The molecule has 0 saturated heterocycles. The van der Waals surface area contributed by atoms with Gasteiger partial charge in [-0.3, -0.25) is 0 Å². The molecule has 0 heterocycles. The number of aliphatic hydroxyl groups is 1. The average Bonchev–Trinajstić information content (AvgIpc) is 2.46. The molecule has 1 aliphatic carbocycles. The number of benzene rings is 1. The van der Waals surface area contributed by atoms with Crippen LogP contribution in [0.5, 0.6) is 5.75 Å². The summed E-state index contributed by atoms with van der Waals surface area (Å²) >= 11 is 5.83. The minimum absolute atomic E-state index is 0.161. The molecule has 1 aliphatic rings. The molecule has 1 saturated carbocycles. The lowest BCUT2D eigenvalue weighted by Gasteiger charge is -2.35. The van der Waals surface area contributed by atoms with Crippen molar-refractivity contribution in [1.82, 2.24) is 4.90 Å². The van der Waals surface area contributed by atoms with Crippen LogP contribution in [0.1, 0.15) is 32.1 Å². The summed E-state index contributed by atoms with van der Waals surface area (Å²) in [6, 6.07) is 7.76. The van der Waals surface area contributed by atoms with E-state index in [1.54, 1.807) is 0 Å². The fourth-order valence-electron chi connectivity index (χ4n) is 2.81. The molecule has 20 heavy (non-hydrogen) atoms. The third-order valence-electron chi connectivity index (χ3n) is 4.00. The lowest BCUT2D eigenvalue weighted by atomic mass is 9.91. The predicted octanol–water partition coefficient (Wildman–Crippen LogP) is 3.34. The topological polar surface area (TPSA) is 32.7 Å². The Morgan fingerprint density at radius 1 is 1.25 bits per heavy atom. The van der Waals surface area contributed by atoms with Crippen LogP contribution in [0.2, 0.25) is 5.02 Å². The number of ether oxygens (including phenoxy) is 1. The highest BCUT2D eigenvalue weighted by atomic mass is 35.5. The first kappa shape index (κ1) is 15.6. The van der Waals surface area contributed by atoms with Gasteiger partial charge in [0.05, 0.1) is 12.7 Å². The van der Waals surface area contributed by atoms with Crippen molar-refractivity contribution in [2.45, 2.75) is 44.2 Å². The molecule has 2 unspecified atom stereocenters. The Labute approximate surface area is 126 Å². The molecule has 112 valence electrons. The van der Waals surface area contributed by atoms with Crippen molar-refractivity contribution >= 4 is 11.6 Å². The SMILES string of the molecule is CN(CCCOc1ccc(Cl)cc1)C1CCCCC1O. The van der Waals surface area contributed by atoms with Gasteiger partial charge >= 0.3 is 0 Å². The summed E-state index contributed by atoms with van der Waals surface area (Å²) in [6.07, 6.45) is 5.23. The van der Waals surface area contributed by atoms with Gasteiger partial charge in [-0.05, 0) is 50.6 Å². The Balaban J connectivity index is 1.66. The standard InChI is InChI=1S/C16H24ClNO2/c1-18(15-5-2-3-6-16(15)19)11-4-12-20-14-9-7-13(17)8-10-14/h7-10,15-16,19H,2-6,11-12H2,1H3. The Morgan fingerprint density at radius 3 is 2.65 bits per heavy atom. The first-order valence-corrected chi connectivity index (χ1v) is 7.81. The van der Waals surface area contributed by atoms with Gasteiger partial charge in [-0.2, -0.15) is 0 Å². The lowest BCUT2D eigenvalue weighted by molar-refractivity contribution is 0.0304. The minimum Gasteiger partial charge on any atom is -0.494 e. The number of hydrogen-bond acceptors (Lipinski definition) is 3. The number of aliphatic hydroxyl groups excluding tert-OH is 1. The molecule has 4 heteroatoms. The summed E-state index contributed by atoms with van der Waals surface area (Å²) in [4.78, 5) is 2.27. The molecule has 2 atom stereocenters. The second-order valence-corrected chi connectivity index (χ2v) is 5.99. The number of nitrogens with zero attached hydrogens (tertiary/aromatic N) is 1. The Morgan fingerprint density at radius 2 is 1.95 bits per heavy atom. The summed E-state index contributed by atoms with van der Waals surface area (Å²) in [5.74, 6) is 0.856. The van der Waals surface area contributed by atoms with Crippen LogP contribution < -0.4 is 4.74 Å². The lowest BCUT2D eigenvalue weighted by Crippen LogP contribution is -2.43. The molecular formula is C16H24ClNO2. The summed E-state index contributed by atoms with van der Waals surface area (Å²) in [6.45, 7) is 1.64. The zero-order chi connectivity index (χ0) is 14.4. The maximum atomic E-state index is 10.0. The molecule has 2 rings (SSSR count). The number of halogens is 1. The van der Waals surface area contributed by atoms with E-state index >= 15 is 0 Å². The number of hydrogen-bond donors (Lipinski definition) is 1. The van der Waals surface area contributed by atoms with Crippen LogP contribution in [0.15, 0.2) is 24.3 Å². The highest BCUT2D eigenvalue weighted by Crippen LogP contribution is 2.22. The number of rotatable bonds is 6. The van der Waals surface area contributed by atoms with E-state index in [0.717, 1.165) is 43.0 Å². The Kier molecular flexibility index (Phi) is 6.14. The minimum atomic E-state index is -0.161. The zero-order valence-electron chi connectivity index (χ0n) is 12.1. The maximum absolute atomic E-state index is 10.0. The number of likely N-dealkylation sites (N-methyl/N-ethyl adjacent to an activating group) is 1. The molecule has 3 nitrogen and oxygen atoms in total. The monoisotopic (exact) mass is 297 g/mol. The van der Waals surface area contributed by atoms with E-state index in [2.05, 4.69) is 11.9 Å². The van der Waals surface area contributed by atoms with Crippen LogP contribution in [0.4, 0.5) is 0 Å². The molecule has 1 aromatic carbocycles. The van der Waals surface area contributed by atoms with Gasteiger partial charge in [0.25, 0.3) is 0 Å². The van der Waals surface area contributed by atoms with E-state index < -0.39 is 0 Å². The molecule has 0 aromatic heterocycles. The largest absolute Gasteiger partial charge is 0.494 e. The summed E-state index contributed by atoms with van der Waals surface area (Å²) in [7, 11) is 2.10. The smallest absolute Gasteiger partial charge is 0.119 e. The third-order valence-corrected chi connectivity index (χ3v) is 4.25. The molecule has 0 amide bonds. The van der Waals surface area contributed by atoms with Crippen LogP contribution in [-0.4, -0.2) is 42.4 Å². The van der Waals surface area contributed by atoms with Crippen LogP contribution >= 0.6 is 11.6 Å². The summed E-state index contributed by atoms with van der Waals surface area (Å²) in [5.41, 5.74) is 0. The Bertz CT molecular complexity index is 396. The van der Waals surface area contributed by atoms with Crippen LogP contribution in [-0.2, 0) is 0 Å². The summed E-state index contributed by atoms with van der Waals surface area (Å²) < 4.78 is 5.68. The van der Waals surface area contributed by atoms with Crippen molar-refractivity contribution in [3.63, 3.8) is 0 Å². The van der Waals surface area contributed by atoms with Crippen molar-refractivity contribution in [3.8, 4) is 5.75 Å². The van der Waals surface area contributed by atoms with Crippen molar-refractivity contribution in [2.24, 2.45) is 0 Å². The predicted molar refractivity (Wildman–Crippen MR) is 82.5 cm³/mol. The van der Waals surface area contributed by atoms with Crippen molar-refractivity contribution in [2.75, 3.05) is 20.2 Å². The quantitative estimate of drug-likeness (QED) is 0.818. The molecule has 0 radical (unpaired) electrons. The van der Waals surface area contributed by atoms with Gasteiger partial charge in [-0.25, -0.2) is 0 Å². The van der Waals surface area contributed by atoms with Crippen molar-refractivity contribution < 1.29 is 9.84 Å². The van der Waals surface area contributed by atoms with E-state index in [9.17, 15) is 5.11 Å². The normalized spacial score (nSPS) is 23.0. The van der Waals surface area contributed by atoms with Gasteiger partial charge < -0.3 is 14.7 Å². The van der Waals surface area contributed by atoms with E-state index in [1.807, 2.05) is 24.3 Å². The molecule has 1 N–H and O–H groups in total. The molecule has 0 bridgehead atoms. The highest BCUT2D eigenvalue weighted by molar-refractivity contribution is 6.30. The molecule has 0 spiro atoms. The van der Waals surface area contributed by atoms with Gasteiger partial charge in [0.15, 0.2) is 0 Å². The van der Waals surface area contributed by atoms with E-state index in [-0.39, 0.29) is 6.10 Å². The average molecular weight is 298 g/mol. The third kappa shape index (κ3) is 4.65. The van der Waals surface area contributed by atoms with E-state index in [1.165, 1.54) is 6.42 Å². The van der Waals surface area contributed by atoms with E-state index in [4.69, 9.17) is 16.3 Å². The molecular weight excluding hydrogens is 274 g/mol. The molecule has 1 aromatic rings. The van der Waals surface area contributed by atoms with E-state index in [0.29, 0.717) is 12.6 Å². The second kappa shape index (κ2) is 7.87. The summed E-state index contributed by atoms with van der Waals surface area (Å²) in [5, 5.41) is 10.7. The van der Waals surface area contributed by atoms with Gasteiger partial charge in [0.1, 0.15) is 5.75 Å². The van der Waals surface area contributed by atoms with Crippen molar-refractivity contribution in [1.29, 1.82) is 0 Å². The Hall–Kier alpha value is -0.770. The second-order valence-electron chi connectivity index (χ2n) is 5.56. The van der Waals surface area contributed by atoms with Gasteiger partial charge in [0, 0.05) is 17.6 Å². The first-order valence-electron chi connectivity index (χ1n) is 7.43. The van der Waals surface area contributed by atoms with Crippen LogP contribution in [0.25, 0.3) is 0 Å². The van der Waals surface area contributed by atoms with Gasteiger partial charge in [-0.1, -0.05) is 24.4 Å². The fraction of sp³-hybridized carbons (Fsp3) is 0.625. The van der Waals surface area contributed by atoms with Gasteiger partial charge in [0.2, 0.25) is 0 Å². The molecule has 1 fully saturated rings. The molecule has 0 aliphatic heterocycles. The zero-order valence-corrected chi connectivity index (χ0v) is 12.9.